The van der Waals surface area contributed by atoms with Crippen LogP contribution < -0.4 is 5.73 Å². The molecule has 0 radical (unpaired) electrons. The lowest BCUT2D eigenvalue weighted by Gasteiger charge is -2.08. The van der Waals surface area contributed by atoms with E-state index in [1.807, 2.05) is 0 Å². The van der Waals surface area contributed by atoms with Gasteiger partial charge in [0.1, 0.15) is 0 Å². The SMILES string of the molecule is CCOC(=O)c1ccc(N)cc1C(=O)OCC. The van der Waals surface area contributed by atoms with E-state index in [0.717, 1.165) is 0 Å². The molecule has 0 aliphatic rings. The summed E-state index contributed by atoms with van der Waals surface area (Å²) in [6.07, 6.45) is 0. The van der Waals surface area contributed by atoms with Gasteiger partial charge >= 0.3 is 11.9 Å². The molecule has 1 rings (SSSR count). The molecular formula is C12H15NO4. The predicted octanol–water partition coefficient (Wildman–Crippen LogP) is 1.62. The fourth-order valence-electron chi connectivity index (χ4n) is 1.33. The van der Waals surface area contributed by atoms with E-state index in [1.165, 1.54) is 18.2 Å². The van der Waals surface area contributed by atoms with Crippen molar-refractivity contribution in [3.63, 3.8) is 0 Å². The van der Waals surface area contributed by atoms with Crippen molar-refractivity contribution in [1.82, 2.24) is 0 Å². The topological polar surface area (TPSA) is 78.6 Å². The number of hydrogen-bond acceptors (Lipinski definition) is 5. The lowest BCUT2D eigenvalue weighted by atomic mass is 10.1. The van der Waals surface area contributed by atoms with Crippen LogP contribution in [0.25, 0.3) is 0 Å². The zero-order chi connectivity index (χ0) is 12.8. The molecule has 0 bridgehead atoms. The van der Waals surface area contributed by atoms with Gasteiger partial charge in [-0.05, 0) is 32.0 Å². The van der Waals surface area contributed by atoms with Gasteiger partial charge in [0.05, 0.1) is 24.3 Å². The molecule has 0 fully saturated rings. The zero-order valence-corrected chi connectivity index (χ0v) is 9.86. The zero-order valence-electron chi connectivity index (χ0n) is 9.86. The summed E-state index contributed by atoms with van der Waals surface area (Å²) in [5.74, 6) is -1.14. The molecule has 0 spiro atoms. The first-order chi connectivity index (χ1) is 8.10. The Balaban J connectivity index is 3.11. The van der Waals surface area contributed by atoms with Crippen LogP contribution in [0.5, 0.6) is 0 Å². The predicted molar refractivity (Wildman–Crippen MR) is 62.8 cm³/mol. The molecule has 17 heavy (non-hydrogen) atoms. The standard InChI is InChI=1S/C12H15NO4/c1-3-16-11(14)9-6-5-8(13)7-10(9)12(15)17-4-2/h5-7H,3-4,13H2,1-2H3. The number of carbonyl (C=O) groups excluding carboxylic acids is 2. The van der Waals surface area contributed by atoms with Crippen LogP contribution in [0.15, 0.2) is 18.2 Å². The van der Waals surface area contributed by atoms with Crippen LogP contribution in [-0.4, -0.2) is 25.2 Å². The average Bonchev–Trinajstić information content (AvgIpc) is 2.29. The van der Waals surface area contributed by atoms with Crippen molar-refractivity contribution in [3.05, 3.63) is 29.3 Å². The largest absolute Gasteiger partial charge is 0.462 e. The molecule has 5 heteroatoms. The number of nitrogens with two attached hydrogens (primary N) is 1. The Bertz CT molecular complexity index is 429. The van der Waals surface area contributed by atoms with Gasteiger partial charge < -0.3 is 15.2 Å². The monoisotopic (exact) mass is 237 g/mol. The second-order valence-corrected chi connectivity index (χ2v) is 3.25. The van der Waals surface area contributed by atoms with Gasteiger partial charge in [-0.1, -0.05) is 0 Å². The average molecular weight is 237 g/mol. The number of carbonyl (C=O) groups is 2. The fraction of sp³-hybridized carbons (Fsp3) is 0.333. The summed E-state index contributed by atoms with van der Waals surface area (Å²) in [5, 5.41) is 0. The summed E-state index contributed by atoms with van der Waals surface area (Å²) in [6.45, 7) is 3.86. The number of hydrogen-bond donors (Lipinski definition) is 1. The Morgan fingerprint density at radius 3 is 2.12 bits per heavy atom. The molecular weight excluding hydrogens is 222 g/mol. The third-order valence-electron chi connectivity index (χ3n) is 2.03. The van der Waals surface area contributed by atoms with E-state index in [2.05, 4.69) is 0 Å². The number of ether oxygens (including phenoxy) is 2. The molecule has 1 aromatic carbocycles. The van der Waals surface area contributed by atoms with Crippen molar-refractivity contribution in [2.45, 2.75) is 13.8 Å². The van der Waals surface area contributed by atoms with Crippen molar-refractivity contribution >= 4 is 17.6 Å². The first kappa shape index (κ1) is 13.0. The molecule has 0 aliphatic carbocycles. The molecule has 0 amide bonds. The van der Waals surface area contributed by atoms with Crippen LogP contribution in [-0.2, 0) is 9.47 Å². The lowest BCUT2D eigenvalue weighted by molar-refractivity contribution is 0.0479. The van der Waals surface area contributed by atoms with E-state index in [-0.39, 0.29) is 24.3 Å². The minimum Gasteiger partial charge on any atom is -0.462 e. The summed E-state index contributed by atoms with van der Waals surface area (Å²) < 4.78 is 9.70. The highest BCUT2D eigenvalue weighted by Crippen LogP contribution is 2.16. The minimum absolute atomic E-state index is 0.130. The molecule has 0 saturated carbocycles. The molecule has 2 N–H and O–H groups in total. The Morgan fingerprint density at radius 2 is 1.59 bits per heavy atom. The molecule has 0 heterocycles. The van der Waals surface area contributed by atoms with E-state index in [9.17, 15) is 9.59 Å². The van der Waals surface area contributed by atoms with Crippen molar-refractivity contribution in [2.75, 3.05) is 18.9 Å². The third-order valence-corrected chi connectivity index (χ3v) is 2.03. The maximum absolute atomic E-state index is 11.6. The van der Waals surface area contributed by atoms with Crippen LogP contribution in [0, 0.1) is 0 Å². The van der Waals surface area contributed by atoms with E-state index in [0.29, 0.717) is 5.69 Å². The van der Waals surface area contributed by atoms with Crippen LogP contribution in [0.4, 0.5) is 5.69 Å². The van der Waals surface area contributed by atoms with Crippen LogP contribution in [0.3, 0.4) is 0 Å². The normalized spacial score (nSPS) is 9.76. The van der Waals surface area contributed by atoms with Crippen molar-refractivity contribution in [2.24, 2.45) is 0 Å². The van der Waals surface area contributed by atoms with Gasteiger partial charge in [-0.3, -0.25) is 0 Å². The van der Waals surface area contributed by atoms with Crippen LogP contribution in [0.1, 0.15) is 34.6 Å². The number of benzene rings is 1. The Morgan fingerprint density at radius 1 is 1.06 bits per heavy atom. The molecule has 0 unspecified atom stereocenters. The molecule has 0 atom stereocenters. The quantitative estimate of drug-likeness (QED) is 0.636. The summed E-state index contributed by atoms with van der Waals surface area (Å²) in [5.41, 5.74) is 6.26. The highest BCUT2D eigenvalue weighted by Gasteiger charge is 2.19. The van der Waals surface area contributed by atoms with Gasteiger partial charge in [0, 0.05) is 5.69 Å². The molecule has 0 saturated heterocycles. The summed E-state index contributed by atoms with van der Waals surface area (Å²) in [6, 6.07) is 4.40. The van der Waals surface area contributed by atoms with Gasteiger partial charge in [0.2, 0.25) is 0 Å². The van der Waals surface area contributed by atoms with Crippen molar-refractivity contribution in [1.29, 1.82) is 0 Å². The maximum atomic E-state index is 11.6. The van der Waals surface area contributed by atoms with Gasteiger partial charge in [-0.2, -0.15) is 0 Å². The van der Waals surface area contributed by atoms with Crippen LogP contribution >= 0.6 is 0 Å². The Kier molecular flexibility index (Phi) is 4.51. The highest BCUT2D eigenvalue weighted by molar-refractivity contribution is 6.03. The van der Waals surface area contributed by atoms with Crippen molar-refractivity contribution in [3.8, 4) is 0 Å². The Labute approximate surface area is 99.5 Å². The number of rotatable bonds is 4. The molecule has 5 nitrogen and oxygen atoms in total. The minimum atomic E-state index is -0.581. The second-order valence-electron chi connectivity index (χ2n) is 3.25. The molecule has 0 aliphatic heterocycles. The molecule has 0 aromatic heterocycles. The Hall–Kier alpha value is -2.04. The molecule has 92 valence electrons. The van der Waals surface area contributed by atoms with E-state index >= 15 is 0 Å². The number of nitrogen functional groups attached to an aromatic ring is 1. The fourth-order valence-corrected chi connectivity index (χ4v) is 1.33. The summed E-state index contributed by atoms with van der Waals surface area (Å²) in [7, 11) is 0. The molecule has 1 aromatic rings. The van der Waals surface area contributed by atoms with Gasteiger partial charge in [0.15, 0.2) is 0 Å². The highest BCUT2D eigenvalue weighted by atomic mass is 16.5. The maximum Gasteiger partial charge on any atom is 0.339 e. The smallest absolute Gasteiger partial charge is 0.339 e. The number of anilines is 1. The van der Waals surface area contributed by atoms with Crippen molar-refractivity contribution < 1.29 is 19.1 Å². The summed E-state index contributed by atoms with van der Waals surface area (Å²) in [4.78, 5) is 23.3. The van der Waals surface area contributed by atoms with Gasteiger partial charge in [0.25, 0.3) is 0 Å². The van der Waals surface area contributed by atoms with Gasteiger partial charge in [-0.25, -0.2) is 9.59 Å². The van der Waals surface area contributed by atoms with E-state index < -0.39 is 11.9 Å². The first-order valence-corrected chi connectivity index (χ1v) is 5.33. The lowest BCUT2D eigenvalue weighted by Crippen LogP contribution is -2.14. The van der Waals surface area contributed by atoms with E-state index in [1.54, 1.807) is 13.8 Å². The number of esters is 2. The first-order valence-electron chi connectivity index (χ1n) is 5.33. The second kappa shape index (κ2) is 5.89. The van der Waals surface area contributed by atoms with Crippen LogP contribution in [0.2, 0.25) is 0 Å². The third kappa shape index (κ3) is 3.21. The van der Waals surface area contributed by atoms with E-state index in [4.69, 9.17) is 15.2 Å². The summed E-state index contributed by atoms with van der Waals surface area (Å²) >= 11 is 0. The van der Waals surface area contributed by atoms with Gasteiger partial charge in [-0.15, -0.1) is 0 Å².